The number of carbonyl (C=O) groups excluding carboxylic acids is 1. The molecule has 6 heteroatoms. The van der Waals surface area contributed by atoms with Gasteiger partial charge in [-0.15, -0.1) is 0 Å². The summed E-state index contributed by atoms with van der Waals surface area (Å²) in [5.74, 6) is -0.375. The molecule has 1 aromatic rings. The molecule has 0 atom stereocenters. The van der Waals surface area contributed by atoms with Gasteiger partial charge in [-0.1, -0.05) is 0 Å². The third kappa shape index (κ3) is 4.24. The first-order chi connectivity index (χ1) is 8.86. The Kier molecular flexibility index (Phi) is 4.86. The number of nitrogens with one attached hydrogen (secondary N) is 1. The minimum absolute atomic E-state index is 0.207. The third-order valence-corrected chi connectivity index (χ3v) is 2.62. The summed E-state index contributed by atoms with van der Waals surface area (Å²) in [5, 5.41) is 13.7. The van der Waals surface area contributed by atoms with E-state index in [9.17, 15) is 14.9 Å². The van der Waals surface area contributed by atoms with E-state index >= 15 is 0 Å². The number of anilines is 1. The molecule has 0 radical (unpaired) electrons. The fourth-order valence-corrected chi connectivity index (χ4v) is 1.32. The zero-order valence-corrected chi connectivity index (χ0v) is 11.3. The molecule has 104 valence electrons. The molecular formula is C13H18N2O4. The van der Waals surface area contributed by atoms with Crippen LogP contribution in [0.5, 0.6) is 0 Å². The van der Waals surface area contributed by atoms with E-state index in [-0.39, 0.29) is 17.4 Å². The van der Waals surface area contributed by atoms with Crippen molar-refractivity contribution in [3.05, 3.63) is 39.9 Å². The largest absolute Gasteiger partial charge is 0.462 e. The summed E-state index contributed by atoms with van der Waals surface area (Å²) in [6.45, 7) is 5.38. The van der Waals surface area contributed by atoms with Crippen LogP contribution in [0.2, 0.25) is 0 Å². The predicted octanol–water partition coefficient (Wildman–Crippen LogP) is 2.33. The first kappa shape index (κ1) is 14.9. The molecule has 0 aliphatic carbocycles. The van der Waals surface area contributed by atoms with Crippen molar-refractivity contribution in [1.82, 2.24) is 0 Å². The van der Waals surface area contributed by atoms with Gasteiger partial charge in [-0.25, -0.2) is 4.79 Å². The van der Waals surface area contributed by atoms with Gasteiger partial charge >= 0.3 is 5.97 Å². The molecule has 0 aliphatic rings. The molecule has 0 spiro atoms. The maximum atomic E-state index is 11.4. The van der Waals surface area contributed by atoms with Crippen molar-refractivity contribution in [3.8, 4) is 0 Å². The van der Waals surface area contributed by atoms with Crippen molar-refractivity contribution < 1.29 is 14.5 Å². The van der Waals surface area contributed by atoms with E-state index in [1.54, 1.807) is 45.0 Å². The molecule has 19 heavy (non-hydrogen) atoms. The van der Waals surface area contributed by atoms with Crippen molar-refractivity contribution in [1.29, 1.82) is 0 Å². The number of esters is 1. The fraction of sp³-hybridized carbons (Fsp3) is 0.462. The van der Waals surface area contributed by atoms with Gasteiger partial charge in [0.05, 0.1) is 18.7 Å². The van der Waals surface area contributed by atoms with E-state index in [4.69, 9.17) is 4.74 Å². The molecule has 0 amide bonds. The number of nitrogens with zero attached hydrogens (tertiary/aromatic N) is 1. The van der Waals surface area contributed by atoms with E-state index < -0.39 is 5.54 Å². The molecule has 6 nitrogen and oxygen atoms in total. The Balaban J connectivity index is 2.63. The van der Waals surface area contributed by atoms with Gasteiger partial charge in [-0.3, -0.25) is 10.1 Å². The predicted molar refractivity (Wildman–Crippen MR) is 72.0 cm³/mol. The number of hydrogen-bond acceptors (Lipinski definition) is 5. The molecule has 0 fully saturated rings. The minimum atomic E-state index is -1.04. The zero-order chi connectivity index (χ0) is 14.5. The standard InChI is InChI=1S/C13H18N2O4/c1-4-19-12(16)10-5-7-11(8-6-10)14-9-13(2,3)15(17)18/h5-8,14H,4,9H2,1-3H3. The summed E-state index contributed by atoms with van der Waals surface area (Å²) >= 11 is 0. The van der Waals surface area contributed by atoms with E-state index in [0.29, 0.717) is 12.2 Å². The first-order valence-corrected chi connectivity index (χ1v) is 6.02. The molecule has 0 saturated heterocycles. The summed E-state index contributed by atoms with van der Waals surface area (Å²) in [7, 11) is 0. The second kappa shape index (κ2) is 6.17. The Bertz CT molecular complexity index is 454. The lowest BCUT2D eigenvalue weighted by atomic mass is 10.1. The van der Waals surface area contributed by atoms with Crippen LogP contribution in [0.15, 0.2) is 24.3 Å². The number of nitro groups is 1. The number of rotatable bonds is 6. The van der Waals surface area contributed by atoms with Gasteiger partial charge in [0, 0.05) is 24.5 Å². The monoisotopic (exact) mass is 266 g/mol. The maximum Gasteiger partial charge on any atom is 0.338 e. The van der Waals surface area contributed by atoms with Crippen molar-refractivity contribution in [2.45, 2.75) is 26.3 Å². The molecule has 0 aromatic heterocycles. The molecule has 0 bridgehead atoms. The van der Waals surface area contributed by atoms with Gasteiger partial charge in [0.1, 0.15) is 0 Å². The van der Waals surface area contributed by atoms with Crippen LogP contribution in [0, 0.1) is 10.1 Å². The average Bonchev–Trinajstić information content (AvgIpc) is 2.37. The Morgan fingerprint density at radius 3 is 2.42 bits per heavy atom. The van der Waals surface area contributed by atoms with Crippen molar-refractivity contribution in [3.63, 3.8) is 0 Å². The van der Waals surface area contributed by atoms with Gasteiger partial charge in [0.25, 0.3) is 0 Å². The SMILES string of the molecule is CCOC(=O)c1ccc(NCC(C)(C)[N+](=O)[O-])cc1. The normalized spacial score (nSPS) is 10.9. The van der Waals surface area contributed by atoms with E-state index in [0.717, 1.165) is 5.69 Å². The smallest absolute Gasteiger partial charge is 0.338 e. The van der Waals surface area contributed by atoms with Gasteiger partial charge in [0.2, 0.25) is 5.54 Å². The first-order valence-electron chi connectivity index (χ1n) is 6.02. The van der Waals surface area contributed by atoms with Crippen LogP contribution < -0.4 is 5.32 Å². The summed E-state index contributed by atoms with van der Waals surface area (Å²) < 4.78 is 4.86. The highest BCUT2D eigenvalue weighted by Crippen LogP contribution is 2.13. The second-order valence-electron chi connectivity index (χ2n) is 4.72. The molecule has 1 aromatic carbocycles. The Morgan fingerprint density at radius 2 is 1.95 bits per heavy atom. The Hall–Kier alpha value is -2.11. The summed E-state index contributed by atoms with van der Waals surface area (Å²) in [6.07, 6.45) is 0. The van der Waals surface area contributed by atoms with Crippen LogP contribution in [-0.2, 0) is 4.74 Å². The van der Waals surface area contributed by atoms with Crippen LogP contribution in [-0.4, -0.2) is 29.6 Å². The topological polar surface area (TPSA) is 81.5 Å². The minimum Gasteiger partial charge on any atom is -0.462 e. The van der Waals surface area contributed by atoms with Crippen LogP contribution in [0.1, 0.15) is 31.1 Å². The van der Waals surface area contributed by atoms with Crippen LogP contribution in [0.3, 0.4) is 0 Å². The fourth-order valence-electron chi connectivity index (χ4n) is 1.32. The highest BCUT2D eigenvalue weighted by molar-refractivity contribution is 5.89. The van der Waals surface area contributed by atoms with Crippen molar-refractivity contribution in [2.75, 3.05) is 18.5 Å². The van der Waals surface area contributed by atoms with Gasteiger partial charge < -0.3 is 10.1 Å². The molecular weight excluding hydrogens is 248 g/mol. The van der Waals surface area contributed by atoms with Gasteiger partial charge in [0.15, 0.2) is 0 Å². The lowest BCUT2D eigenvalue weighted by Gasteiger charge is -2.17. The maximum absolute atomic E-state index is 11.4. The highest BCUT2D eigenvalue weighted by atomic mass is 16.6. The molecule has 1 rings (SSSR count). The summed E-state index contributed by atoms with van der Waals surface area (Å²) in [5.41, 5.74) is 0.142. The van der Waals surface area contributed by atoms with Crippen LogP contribution in [0.25, 0.3) is 0 Å². The van der Waals surface area contributed by atoms with Crippen LogP contribution in [0.4, 0.5) is 5.69 Å². The Morgan fingerprint density at radius 1 is 1.37 bits per heavy atom. The summed E-state index contributed by atoms with van der Waals surface area (Å²) in [6, 6.07) is 6.64. The lowest BCUT2D eigenvalue weighted by molar-refractivity contribution is -0.556. The number of benzene rings is 1. The molecule has 0 unspecified atom stereocenters. The molecule has 0 heterocycles. The number of hydrogen-bond donors (Lipinski definition) is 1. The van der Waals surface area contributed by atoms with Gasteiger partial charge in [-0.05, 0) is 31.2 Å². The van der Waals surface area contributed by atoms with E-state index in [1.165, 1.54) is 0 Å². The average molecular weight is 266 g/mol. The number of carbonyl (C=O) groups is 1. The molecule has 0 saturated carbocycles. The van der Waals surface area contributed by atoms with Crippen molar-refractivity contribution in [2.24, 2.45) is 0 Å². The Labute approximate surface area is 111 Å². The van der Waals surface area contributed by atoms with Crippen molar-refractivity contribution >= 4 is 11.7 Å². The summed E-state index contributed by atoms with van der Waals surface area (Å²) in [4.78, 5) is 21.9. The van der Waals surface area contributed by atoms with Gasteiger partial charge in [-0.2, -0.15) is 0 Å². The number of ether oxygens (including phenoxy) is 1. The van der Waals surface area contributed by atoms with E-state index in [1.807, 2.05) is 0 Å². The zero-order valence-electron chi connectivity index (χ0n) is 11.3. The quantitative estimate of drug-likeness (QED) is 0.485. The molecule has 0 aliphatic heterocycles. The third-order valence-electron chi connectivity index (χ3n) is 2.62. The second-order valence-corrected chi connectivity index (χ2v) is 4.72. The van der Waals surface area contributed by atoms with E-state index in [2.05, 4.69) is 5.32 Å². The lowest BCUT2D eigenvalue weighted by Crippen LogP contribution is -2.38. The highest BCUT2D eigenvalue weighted by Gasteiger charge is 2.30. The molecule has 1 N–H and O–H groups in total. The van der Waals surface area contributed by atoms with Crippen LogP contribution >= 0.6 is 0 Å².